The van der Waals surface area contributed by atoms with Crippen LogP contribution in [0.1, 0.15) is 6.92 Å². The zero-order chi connectivity index (χ0) is 9.19. The zero-order valence-corrected chi connectivity index (χ0v) is 9.36. The minimum atomic E-state index is -2.41. The zero-order valence-electron chi connectivity index (χ0n) is 6.85. The van der Waals surface area contributed by atoms with Gasteiger partial charge in [-0.3, -0.25) is 0 Å². The van der Waals surface area contributed by atoms with Gasteiger partial charge in [0.25, 0.3) is 0 Å². The van der Waals surface area contributed by atoms with E-state index in [1.165, 1.54) is 0 Å². The van der Waals surface area contributed by atoms with Crippen LogP contribution in [0.25, 0.3) is 0 Å². The Labute approximate surface area is 83.2 Å². The SMILES string of the molecule is C=C(C)[Si](Cl)(Cl)c1ccccc1. The van der Waals surface area contributed by atoms with Crippen LogP contribution >= 0.6 is 22.2 Å². The Morgan fingerprint density at radius 1 is 1.25 bits per heavy atom. The molecule has 64 valence electrons. The average molecular weight is 217 g/mol. The van der Waals surface area contributed by atoms with Crippen LogP contribution in [-0.2, 0) is 0 Å². The third-order valence-corrected chi connectivity index (χ3v) is 7.05. The molecule has 0 radical (unpaired) electrons. The van der Waals surface area contributed by atoms with E-state index in [1.807, 2.05) is 37.3 Å². The van der Waals surface area contributed by atoms with Crippen LogP contribution in [0.4, 0.5) is 0 Å². The Morgan fingerprint density at radius 2 is 1.75 bits per heavy atom. The van der Waals surface area contributed by atoms with Crippen molar-refractivity contribution in [1.29, 1.82) is 0 Å². The molecule has 0 fully saturated rings. The molecular weight excluding hydrogens is 207 g/mol. The van der Waals surface area contributed by atoms with Gasteiger partial charge in [0.1, 0.15) is 0 Å². The molecule has 1 aromatic rings. The second-order valence-electron chi connectivity index (χ2n) is 2.72. The van der Waals surface area contributed by atoms with E-state index in [4.69, 9.17) is 22.2 Å². The van der Waals surface area contributed by atoms with Crippen molar-refractivity contribution in [1.82, 2.24) is 0 Å². The summed E-state index contributed by atoms with van der Waals surface area (Å²) in [5, 5.41) is 1.87. The number of rotatable bonds is 2. The molecule has 0 aromatic heterocycles. The van der Waals surface area contributed by atoms with E-state index < -0.39 is 6.69 Å². The normalized spacial score (nSPS) is 11.2. The number of hydrogen-bond acceptors (Lipinski definition) is 0. The van der Waals surface area contributed by atoms with Gasteiger partial charge in [-0.25, -0.2) is 0 Å². The predicted octanol–water partition coefficient (Wildman–Crippen LogP) is 2.93. The van der Waals surface area contributed by atoms with Crippen LogP contribution in [0.5, 0.6) is 0 Å². The monoisotopic (exact) mass is 216 g/mol. The molecule has 0 atom stereocenters. The largest absolute Gasteiger partial charge is 0.305 e. The number of benzene rings is 1. The van der Waals surface area contributed by atoms with E-state index in [1.54, 1.807) is 0 Å². The lowest BCUT2D eigenvalue weighted by atomic mass is 10.4. The predicted molar refractivity (Wildman–Crippen MR) is 58.4 cm³/mol. The van der Waals surface area contributed by atoms with Gasteiger partial charge >= 0.3 is 6.69 Å². The van der Waals surface area contributed by atoms with Gasteiger partial charge in [0.15, 0.2) is 0 Å². The van der Waals surface area contributed by atoms with Gasteiger partial charge in [-0.2, -0.15) is 0 Å². The molecule has 1 aromatic carbocycles. The van der Waals surface area contributed by atoms with Crippen LogP contribution in [0.3, 0.4) is 0 Å². The van der Waals surface area contributed by atoms with Crippen molar-refractivity contribution in [3.63, 3.8) is 0 Å². The quantitative estimate of drug-likeness (QED) is 0.527. The molecule has 0 nitrogen and oxygen atoms in total. The molecule has 0 aliphatic carbocycles. The fourth-order valence-electron chi connectivity index (χ4n) is 0.894. The lowest BCUT2D eigenvalue weighted by molar-refractivity contribution is 1.66. The third kappa shape index (κ3) is 1.92. The molecule has 0 bridgehead atoms. The highest BCUT2D eigenvalue weighted by Gasteiger charge is 2.31. The molecule has 0 amide bonds. The first-order valence-corrected chi connectivity index (χ1v) is 7.67. The summed E-state index contributed by atoms with van der Waals surface area (Å²) in [4.78, 5) is 0. The van der Waals surface area contributed by atoms with Crippen molar-refractivity contribution in [3.05, 3.63) is 42.1 Å². The highest BCUT2D eigenvalue weighted by atomic mass is 35.7. The summed E-state index contributed by atoms with van der Waals surface area (Å²) < 4.78 is 0. The van der Waals surface area contributed by atoms with Gasteiger partial charge < -0.3 is 0 Å². The number of halogens is 2. The summed E-state index contributed by atoms with van der Waals surface area (Å²) in [7, 11) is 0. The van der Waals surface area contributed by atoms with Crippen molar-refractivity contribution in [2.24, 2.45) is 0 Å². The molecule has 1 rings (SSSR count). The van der Waals surface area contributed by atoms with Gasteiger partial charge in [-0.05, 0) is 12.1 Å². The fourth-order valence-corrected chi connectivity index (χ4v) is 2.75. The van der Waals surface area contributed by atoms with E-state index in [-0.39, 0.29) is 0 Å². The summed E-state index contributed by atoms with van der Waals surface area (Å²) in [6.45, 7) is 3.27. The first-order valence-electron chi connectivity index (χ1n) is 3.64. The van der Waals surface area contributed by atoms with E-state index in [9.17, 15) is 0 Å². The first kappa shape index (κ1) is 9.84. The maximum Gasteiger partial charge on any atom is 0.305 e. The van der Waals surface area contributed by atoms with Gasteiger partial charge in [0, 0.05) is 0 Å². The average Bonchev–Trinajstić information content (AvgIpc) is 2.06. The minimum Gasteiger partial charge on any atom is -0.134 e. The summed E-state index contributed by atoms with van der Waals surface area (Å²) in [5.74, 6) is 0. The Balaban J connectivity index is 3.06. The van der Waals surface area contributed by atoms with E-state index >= 15 is 0 Å². The van der Waals surface area contributed by atoms with Crippen molar-refractivity contribution in [2.75, 3.05) is 0 Å². The number of allylic oxidation sites excluding steroid dienone is 1. The summed E-state index contributed by atoms with van der Waals surface area (Å²) >= 11 is 12.4. The smallest absolute Gasteiger partial charge is 0.134 e. The van der Waals surface area contributed by atoms with Crippen LogP contribution in [-0.4, -0.2) is 6.69 Å². The van der Waals surface area contributed by atoms with Crippen molar-refractivity contribution < 1.29 is 0 Å². The van der Waals surface area contributed by atoms with Crippen molar-refractivity contribution >= 4 is 34.0 Å². The topological polar surface area (TPSA) is 0 Å². The Hall–Kier alpha value is -0.243. The molecule has 0 unspecified atom stereocenters. The standard InChI is InChI=1S/C9H10Cl2Si/c1-8(2)12(10,11)9-6-4-3-5-7-9/h3-7H,1H2,2H3. The van der Waals surface area contributed by atoms with E-state index in [2.05, 4.69) is 6.58 Å². The van der Waals surface area contributed by atoms with Gasteiger partial charge in [0.2, 0.25) is 0 Å². The van der Waals surface area contributed by atoms with Crippen molar-refractivity contribution in [2.45, 2.75) is 6.92 Å². The summed E-state index contributed by atoms with van der Waals surface area (Å²) in [6.07, 6.45) is 0. The second-order valence-corrected chi connectivity index (χ2v) is 9.28. The van der Waals surface area contributed by atoms with E-state index in [0.29, 0.717) is 0 Å². The fraction of sp³-hybridized carbons (Fsp3) is 0.111. The van der Waals surface area contributed by atoms with Crippen molar-refractivity contribution in [3.8, 4) is 0 Å². The minimum absolute atomic E-state index is 0.872. The Bertz CT molecular complexity index is 280. The Morgan fingerprint density at radius 3 is 2.17 bits per heavy atom. The highest BCUT2D eigenvalue weighted by molar-refractivity contribution is 7.53. The molecule has 0 saturated carbocycles. The van der Waals surface area contributed by atoms with E-state index in [0.717, 1.165) is 10.4 Å². The van der Waals surface area contributed by atoms with Crippen LogP contribution in [0, 0.1) is 0 Å². The van der Waals surface area contributed by atoms with Crippen LogP contribution < -0.4 is 5.19 Å². The van der Waals surface area contributed by atoms with Crippen LogP contribution in [0.15, 0.2) is 42.1 Å². The lowest BCUT2D eigenvalue weighted by Crippen LogP contribution is -2.37. The van der Waals surface area contributed by atoms with Gasteiger partial charge in [-0.15, -0.1) is 28.7 Å². The summed E-state index contributed by atoms with van der Waals surface area (Å²) in [5.41, 5.74) is 0. The van der Waals surface area contributed by atoms with Gasteiger partial charge in [-0.1, -0.05) is 35.5 Å². The molecule has 0 N–H and O–H groups in total. The molecule has 3 heteroatoms. The Kier molecular flexibility index (Phi) is 2.99. The summed E-state index contributed by atoms with van der Waals surface area (Å²) in [6, 6.07) is 9.71. The maximum absolute atomic E-state index is 6.20. The molecular formula is C9H10Cl2Si. The molecule has 0 spiro atoms. The molecule has 0 aliphatic rings. The molecule has 0 aliphatic heterocycles. The third-order valence-electron chi connectivity index (χ3n) is 1.67. The van der Waals surface area contributed by atoms with Crippen LogP contribution in [0.2, 0.25) is 0 Å². The molecule has 12 heavy (non-hydrogen) atoms. The number of hydrogen-bond donors (Lipinski definition) is 0. The van der Waals surface area contributed by atoms with Gasteiger partial charge in [0.05, 0.1) is 0 Å². The first-order chi connectivity index (χ1) is 5.55. The molecule has 0 heterocycles. The molecule has 0 saturated heterocycles. The maximum atomic E-state index is 6.20. The second kappa shape index (κ2) is 3.65. The highest BCUT2D eigenvalue weighted by Crippen LogP contribution is 2.22. The lowest BCUT2D eigenvalue weighted by Gasteiger charge is -2.16.